The first-order valence-electron chi connectivity index (χ1n) is 6.31. The topological polar surface area (TPSA) is 68.3 Å². The van der Waals surface area contributed by atoms with Crippen molar-refractivity contribution in [3.05, 3.63) is 53.3 Å². The number of imide groups is 1. The zero-order chi connectivity index (χ0) is 15.2. The highest BCUT2D eigenvalue weighted by atomic mass is 35.5. The Hall–Kier alpha value is -2.40. The number of rotatable bonds is 3. The standard InChI is InChI=1S/C15H13ClN2O3/c1-2-21-15(20)18-14(19)12-11(8-9-17-13(12)16)10-6-4-3-5-7-10/h3-9H,2H2,1H3,(H,18,19,20). The summed E-state index contributed by atoms with van der Waals surface area (Å²) in [5.41, 5.74) is 1.53. The number of hydrogen-bond acceptors (Lipinski definition) is 4. The summed E-state index contributed by atoms with van der Waals surface area (Å²) in [5, 5.41) is 2.15. The van der Waals surface area contributed by atoms with Crippen LogP contribution >= 0.6 is 11.6 Å². The van der Waals surface area contributed by atoms with Crippen molar-refractivity contribution in [2.45, 2.75) is 6.92 Å². The molecule has 2 aromatic rings. The van der Waals surface area contributed by atoms with Gasteiger partial charge < -0.3 is 4.74 Å². The van der Waals surface area contributed by atoms with Gasteiger partial charge in [0.1, 0.15) is 5.15 Å². The zero-order valence-electron chi connectivity index (χ0n) is 11.3. The molecule has 5 nitrogen and oxygen atoms in total. The van der Waals surface area contributed by atoms with E-state index in [-0.39, 0.29) is 17.3 Å². The van der Waals surface area contributed by atoms with E-state index in [1.807, 2.05) is 30.3 Å². The molecular formula is C15H13ClN2O3. The largest absolute Gasteiger partial charge is 0.450 e. The molecule has 0 saturated heterocycles. The first-order chi connectivity index (χ1) is 10.1. The molecular weight excluding hydrogens is 292 g/mol. The van der Waals surface area contributed by atoms with Crippen LogP contribution in [0.15, 0.2) is 42.6 Å². The fourth-order valence-corrected chi connectivity index (χ4v) is 2.08. The van der Waals surface area contributed by atoms with Crippen LogP contribution in [-0.4, -0.2) is 23.6 Å². The van der Waals surface area contributed by atoms with Crippen LogP contribution in [0.5, 0.6) is 0 Å². The van der Waals surface area contributed by atoms with E-state index in [1.165, 1.54) is 6.20 Å². The monoisotopic (exact) mass is 304 g/mol. The number of nitrogens with one attached hydrogen (secondary N) is 1. The molecule has 0 aliphatic rings. The van der Waals surface area contributed by atoms with Crippen LogP contribution in [0.2, 0.25) is 5.15 Å². The Morgan fingerprint density at radius 2 is 1.95 bits per heavy atom. The SMILES string of the molecule is CCOC(=O)NC(=O)c1c(-c2ccccc2)ccnc1Cl. The van der Waals surface area contributed by atoms with Gasteiger partial charge in [-0.2, -0.15) is 0 Å². The second kappa shape index (κ2) is 6.85. The number of carbonyl (C=O) groups is 2. The van der Waals surface area contributed by atoms with E-state index in [2.05, 4.69) is 15.0 Å². The van der Waals surface area contributed by atoms with E-state index in [1.54, 1.807) is 13.0 Å². The average Bonchev–Trinajstić information content (AvgIpc) is 2.48. The maximum atomic E-state index is 12.2. The van der Waals surface area contributed by atoms with E-state index >= 15 is 0 Å². The number of carbonyl (C=O) groups excluding carboxylic acids is 2. The van der Waals surface area contributed by atoms with Gasteiger partial charge in [-0.25, -0.2) is 9.78 Å². The van der Waals surface area contributed by atoms with Crippen LogP contribution < -0.4 is 5.32 Å². The molecule has 1 aromatic carbocycles. The molecule has 0 aliphatic carbocycles. The van der Waals surface area contributed by atoms with Crippen molar-refractivity contribution in [3.8, 4) is 11.1 Å². The van der Waals surface area contributed by atoms with E-state index in [0.29, 0.717) is 5.56 Å². The Morgan fingerprint density at radius 1 is 1.24 bits per heavy atom. The predicted molar refractivity (Wildman–Crippen MR) is 79.2 cm³/mol. The molecule has 0 fully saturated rings. The summed E-state index contributed by atoms with van der Waals surface area (Å²) in [4.78, 5) is 27.5. The molecule has 21 heavy (non-hydrogen) atoms. The van der Waals surface area contributed by atoms with E-state index < -0.39 is 12.0 Å². The highest BCUT2D eigenvalue weighted by molar-refractivity contribution is 6.33. The third kappa shape index (κ3) is 3.58. The van der Waals surface area contributed by atoms with Gasteiger partial charge in [-0.15, -0.1) is 0 Å². The van der Waals surface area contributed by atoms with E-state index in [4.69, 9.17) is 11.6 Å². The third-order valence-corrected chi connectivity index (χ3v) is 2.99. The van der Waals surface area contributed by atoms with Crippen LogP contribution in [0, 0.1) is 0 Å². The van der Waals surface area contributed by atoms with Gasteiger partial charge in [0.2, 0.25) is 0 Å². The number of pyridine rings is 1. The number of alkyl carbamates (subject to hydrolysis) is 1. The smallest absolute Gasteiger partial charge is 0.414 e. The molecule has 2 rings (SSSR count). The summed E-state index contributed by atoms with van der Waals surface area (Å²) in [6.07, 6.45) is 0.688. The second-order valence-electron chi connectivity index (χ2n) is 4.06. The molecule has 0 radical (unpaired) electrons. The number of hydrogen-bond donors (Lipinski definition) is 1. The van der Waals surface area contributed by atoms with E-state index in [9.17, 15) is 9.59 Å². The molecule has 6 heteroatoms. The Morgan fingerprint density at radius 3 is 2.62 bits per heavy atom. The van der Waals surface area contributed by atoms with Crippen molar-refractivity contribution in [1.29, 1.82) is 0 Å². The lowest BCUT2D eigenvalue weighted by Crippen LogP contribution is -2.31. The minimum atomic E-state index is -0.818. The summed E-state index contributed by atoms with van der Waals surface area (Å²) >= 11 is 6.01. The molecule has 1 heterocycles. The quantitative estimate of drug-likeness (QED) is 0.884. The lowest BCUT2D eigenvalue weighted by Gasteiger charge is -2.10. The van der Waals surface area contributed by atoms with Gasteiger partial charge in [0.15, 0.2) is 0 Å². The first kappa shape index (κ1) is 15.0. The lowest BCUT2D eigenvalue weighted by molar-refractivity contribution is 0.0925. The highest BCUT2D eigenvalue weighted by Gasteiger charge is 2.20. The Kier molecular flexibility index (Phi) is 4.90. The molecule has 0 aliphatic heterocycles. The Labute approximate surface area is 126 Å². The number of nitrogens with zero attached hydrogens (tertiary/aromatic N) is 1. The van der Waals surface area contributed by atoms with Crippen LogP contribution in [0.3, 0.4) is 0 Å². The first-order valence-corrected chi connectivity index (χ1v) is 6.69. The molecule has 0 spiro atoms. The molecule has 1 aromatic heterocycles. The van der Waals surface area contributed by atoms with Crippen LogP contribution in [0.1, 0.15) is 17.3 Å². The van der Waals surface area contributed by atoms with Gasteiger partial charge in [-0.05, 0) is 24.1 Å². The van der Waals surface area contributed by atoms with Gasteiger partial charge in [0, 0.05) is 6.20 Å². The molecule has 0 bridgehead atoms. The fraction of sp³-hybridized carbons (Fsp3) is 0.133. The lowest BCUT2D eigenvalue weighted by atomic mass is 10.0. The molecule has 0 atom stereocenters. The van der Waals surface area contributed by atoms with Crippen molar-refractivity contribution in [2.75, 3.05) is 6.61 Å². The highest BCUT2D eigenvalue weighted by Crippen LogP contribution is 2.27. The minimum Gasteiger partial charge on any atom is -0.450 e. The molecule has 2 amide bonds. The Balaban J connectivity index is 2.39. The minimum absolute atomic E-state index is 0.0261. The van der Waals surface area contributed by atoms with Crippen molar-refractivity contribution in [1.82, 2.24) is 10.3 Å². The fourth-order valence-electron chi connectivity index (χ4n) is 1.83. The second-order valence-corrected chi connectivity index (χ2v) is 4.42. The molecule has 0 unspecified atom stereocenters. The zero-order valence-corrected chi connectivity index (χ0v) is 12.1. The molecule has 108 valence electrons. The Bertz CT molecular complexity index is 659. The van der Waals surface area contributed by atoms with Crippen molar-refractivity contribution in [2.24, 2.45) is 0 Å². The van der Waals surface area contributed by atoms with Gasteiger partial charge in [-0.1, -0.05) is 41.9 Å². The molecule has 0 saturated carbocycles. The molecule has 1 N–H and O–H groups in total. The van der Waals surface area contributed by atoms with Gasteiger partial charge in [0.25, 0.3) is 5.91 Å². The van der Waals surface area contributed by atoms with E-state index in [0.717, 1.165) is 5.56 Å². The summed E-state index contributed by atoms with van der Waals surface area (Å²) in [6.45, 7) is 1.82. The number of aromatic nitrogens is 1. The van der Waals surface area contributed by atoms with Crippen LogP contribution in [0.4, 0.5) is 4.79 Å². The maximum absolute atomic E-state index is 12.2. The number of benzene rings is 1. The maximum Gasteiger partial charge on any atom is 0.414 e. The number of ether oxygens (including phenoxy) is 1. The van der Waals surface area contributed by atoms with Gasteiger partial charge >= 0.3 is 6.09 Å². The van der Waals surface area contributed by atoms with Gasteiger partial charge in [-0.3, -0.25) is 10.1 Å². The summed E-state index contributed by atoms with van der Waals surface area (Å²) in [7, 11) is 0. The normalized spacial score (nSPS) is 10.0. The average molecular weight is 305 g/mol. The number of halogens is 1. The number of amides is 2. The summed E-state index contributed by atoms with van der Waals surface area (Å²) in [5.74, 6) is -0.648. The predicted octanol–water partition coefficient (Wildman–Crippen LogP) is 3.29. The van der Waals surface area contributed by atoms with Crippen molar-refractivity contribution < 1.29 is 14.3 Å². The van der Waals surface area contributed by atoms with Crippen LogP contribution in [-0.2, 0) is 4.74 Å². The van der Waals surface area contributed by atoms with Crippen LogP contribution in [0.25, 0.3) is 11.1 Å². The van der Waals surface area contributed by atoms with Crippen molar-refractivity contribution >= 4 is 23.6 Å². The summed E-state index contributed by atoms with van der Waals surface area (Å²) in [6, 6.07) is 10.9. The van der Waals surface area contributed by atoms with Gasteiger partial charge in [0.05, 0.1) is 12.2 Å². The van der Waals surface area contributed by atoms with Crippen molar-refractivity contribution in [3.63, 3.8) is 0 Å². The third-order valence-electron chi connectivity index (χ3n) is 2.71. The summed E-state index contributed by atoms with van der Waals surface area (Å²) < 4.78 is 4.69.